The Balaban J connectivity index is 1.39. The highest BCUT2D eigenvalue weighted by molar-refractivity contribution is 7.21. The van der Waals surface area contributed by atoms with E-state index in [1.807, 2.05) is 6.07 Å². The second-order valence-electron chi connectivity index (χ2n) is 6.77. The predicted octanol–water partition coefficient (Wildman–Crippen LogP) is 5.69. The maximum absolute atomic E-state index is 12.9. The first-order valence-electron chi connectivity index (χ1n) is 9.62. The van der Waals surface area contributed by atoms with Gasteiger partial charge in [0.2, 0.25) is 0 Å². The molecule has 3 aromatic carbocycles. The molecule has 0 atom stereocenters. The Morgan fingerprint density at radius 3 is 2.42 bits per heavy atom. The van der Waals surface area contributed by atoms with Crippen LogP contribution in [-0.2, 0) is 0 Å². The molecule has 1 aromatic heterocycles. The third kappa shape index (κ3) is 5.19. The van der Waals surface area contributed by atoms with Crippen molar-refractivity contribution in [1.29, 1.82) is 0 Å². The average molecular weight is 483 g/mol. The summed E-state index contributed by atoms with van der Waals surface area (Å²) in [5.74, 6) is -0.446. The maximum atomic E-state index is 12.9. The molecule has 6 nitrogen and oxygen atoms in total. The number of hydrazone groups is 1. The number of methoxy groups -OCH3 is 1. The number of carbonyl (C=O) groups excluding carboxylic acids is 2. The number of benzene rings is 3. The number of nitrogens with one attached hydrogen (secondary N) is 1. The number of rotatable bonds is 6. The Morgan fingerprint density at radius 1 is 1.03 bits per heavy atom. The number of hydrogen-bond acceptors (Lipinski definition) is 6. The molecule has 0 fully saturated rings. The molecule has 1 heterocycles. The predicted molar refractivity (Wildman–Crippen MR) is 126 cm³/mol. The second-order valence-corrected chi connectivity index (χ2v) is 8.20. The van der Waals surface area contributed by atoms with Gasteiger partial charge in [0.05, 0.1) is 18.3 Å². The van der Waals surface area contributed by atoms with Gasteiger partial charge < -0.3 is 9.47 Å². The molecular formula is C24H16ClFN2O4S. The number of esters is 1. The molecule has 0 aliphatic rings. The number of carbonyl (C=O) groups is 2. The van der Waals surface area contributed by atoms with Crippen molar-refractivity contribution in [3.8, 4) is 11.5 Å². The largest absolute Gasteiger partial charge is 0.497 e. The van der Waals surface area contributed by atoms with E-state index < -0.39 is 17.7 Å². The molecule has 4 aromatic rings. The van der Waals surface area contributed by atoms with Crippen LogP contribution in [0.1, 0.15) is 25.6 Å². The summed E-state index contributed by atoms with van der Waals surface area (Å²) < 4.78 is 24.4. The lowest BCUT2D eigenvalue weighted by atomic mass is 10.2. The highest BCUT2D eigenvalue weighted by atomic mass is 35.5. The standard InChI is InChI=1S/C24H16ClFN2O4S/c1-31-18-10-11-19-20(12-18)33-22(21(19)25)24(30)32-17-8-2-14(3-9-17)13-27-28-23(29)15-4-6-16(26)7-5-15/h2-13H,1H3,(H,28,29)/b27-13-. The quantitative estimate of drug-likeness (QED) is 0.166. The number of thiophene rings is 1. The molecule has 0 bridgehead atoms. The summed E-state index contributed by atoms with van der Waals surface area (Å²) >= 11 is 7.60. The monoisotopic (exact) mass is 482 g/mol. The van der Waals surface area contributed by atoms with Gasteiger partial charge in [0.25, 0.3) is 5.91 Å². The summed E-state index contributed by atoms with van der Waals surface area (Å²) in [5, 5.41) is 4.97. The fourth-order valence-electron chi connectivity index (χ4n) is 2.91. The number of hydrogen-bond donors (Lipinski definition) is 1. The van der Waals surface area contributed by atoms with E-state index >= 15 is 0 Å². The minimum Gasteiger partial charge on any atom is -0.497 e. The number of fused-ring (bicyclic) bond motifs is 1. The Morgan fingerprint density at radius 2 is 1.73 bits per heavy atom. The number of halogens is 2. The van der Waals surface area contributed by atoms with Gasteiger partial charge in [0, 0.05) is 15.6 Å². The first-order valence-corrected chi connectivity index (χ1v) is 10.8. The van der Waals surface area contributed by atoms with Crippen molar-refractivity contribution >= 4 is 51.1 Å². The van der Waals surface area contributed by atoms with E-state index in [1.165, 1.54) is 41.8 Å². The molecule has 33 heavy (non-hydrogen) atoms. The zero-order valence-corrected chi connectivity index (χ0v) is 18.7. The van der Waals surface area contributed by atoms with Crippen molar-refractivity contribution in [2.75, 3.05) is 7.11 Å². The van der Waals surface area contributed by atoms with Gasteiger partial charge in [-0.25, -0.2) is 14.6 Å². The molecule has 9 heteroatoms. The SMILES string of the molecule is COc1ccc2c(Cl)c(C(=O)Oc3ccc(/C=N\NC(=O)c4ccc(F)cc4)cc3)sc2c1. The normalized spacial score (nSPS) is 11.0. The lowest BCUT2D eigenvalue weighted by molar-refractivity contribution is 0.0739. The molecule has 0 radical (unpaired) electrons. The summed E-state index contributed by atoms with van der Waals surface area (Å²) in [6, 6.07) is 17.1. The van der Waals surface area contributed by atoms with Crippen molar-refractivity contribution < 1.29 is 23.5 Å². The smallest absolute Gasteiger partial charge is 0.355 e. The summed E-state index contributed by atoms with van der Waals surface area (Å²) in [6.45, 7) is 0. The van der Waals surface area contributed by atoms with Gasteiger partial charge in [-0.1, -0.05) is 11.6 Å². The van der Waals surface area contributed by atoms with Gasteiger partial charge in [0.15, 0.2) is 0 Å². The highest BCUT2D eigenvalue weighted by Crippen LogP contribution is 2.37. The number of amides is 1. The third-order valence-electron chi connectivity index (χ3n) is 4.60. The molecule has 0 saturated carbocycles. The lowest BCUT2D eigenvalue weighted by Gasteiger charge is -2.03. The third-order valence-corrected chi connectivity index (χ3v) is 6.24. The van der Waals surface area contributed by atoms with E-state index in [0.717, 1.165) is 10.1 Å². The first kappa shape index (κ1) is 22.4. The van der Waals surface area contributed by atoms with E-state index in [2.05, 4.69) is 10.5 Å². The van der Waals surface area contributed by atoms with Crippen molar-refractivity contribution in [3.05, 3.63) is 93.6 Å². The summed E-state index contributed by atoms with van der Waals surface area (Å²) in [5.41, 5.74) is 3.32. The Labute approximate surface area is 197 Å². The van der Waals surface area contributed by atoms with Crippen LogP contribution in [0.3, 0.4) is 0 Å². The molecule has 1 amide bonds. The van der Waals surface area contributed by atoms with Crippen molar-refractivity contribution in [2.45, 2.75) is 0 Å². The van der Waals surface area contributed by atoms with Crippen LogP contribution in [0.25, 0.3) is 10.1 Å². The molecule has 166 valence electrons. The molecule has 0 aliphatic heterocycles. The number of nitrogens with zero attached hydrogens (tertiary/aromatic N) is 1. The Kier molecular flexibility index (Phi) is 6.67. The van der Waals surface area contributed by atoms with Crippen LogP contribution in [0.2, 0.25) is 5.02 Å². The van der Waals surface area contributed by atoms with Gasteiger partial charge in [-0.3, -0.25) is 4.79 Å². The van der Waals surface area contributed by atoms with Gasteiger partial charge >= 0.3 is 5.97 Å². The molecule has 0 spiro atoms. The molecule has 0 unspecified atom stereocenters. The van der Waals surface area contributed by atoms with Crippen molar-refractivity contribution in [2.24, 2.45) is 5.10 Å². The minimum atomic E-state index is -0.562. The maximum Gasteiger partial charge on any atom is 0.355 e. The van der Waals surface area contributed by atoms with Crippen LogP contribution in [0, 0.1) is 5.82 Å². The Bertz CT molecular complexity index is 1350. The zero-order valence-electron chi connectivity index (χ0n) is 17.2. The van der Waals surface area contributed by atoms with Gasteiger partial charge in [0.1, 0.15) is 22.2 Å². The Hall–Kier alpha value is -3.75. The second kappa shape index (κ2) is 9.81. The summed E-state index contributed by atoms with van der Waals surface area (Å²) in [6.07, 6.45) is 1.43. The van der Waals surface area contributed by atoms with Crippen LogP contribution in [0.15, 0.2) is 71.8 Å². The molecule has 4 rings (SSSR count). The summed E-state index contributed by atoms with van der Waals surface area (Å²) in [4.78, 5) is 24.9. The first-order chi connectivity index (χ1) is 15.9. The topological polar surface area (TPSA) is 77.0 Å². The molecular weight excluding hydrogens is 467 g/mol. The van der Waals surface area contributed by atoms with Crippen LogP contribution in [0.5, 0.6) is 11.5 Å². The average Bonchev–Trinajstić information content (AvgIpc) is 3.16. The fourth-order valence-corrected chi connectivity index (χ4v) is 4.32. The van der Waals surface area contributed by atoms with E-state index in [-0.39, 0.29) is 5.56 Å². The van der Waals surface area contributed by atoms with Gasteiger partial charge in [-0.05, 0) is 72.3 Å². The van der Waals surface area contributed by atoms with Crippen LogP contribution < -0.4 is 14.9 Å². The van der Waals surface area contributed by atoms with E-state index in [4.69, 9.17) is 21.1 Å². The lowest BCUT2D eigenvalue weighted by Crippen LogP contribution is -2.17. The minimum absolute atomic E-state index is 0.286. The molecule has 0 saturated heterocycles. The van der Waals surface area contributed by atoms with E-state index in [9.17, 15) is 14.0 Å². The van der Waals surface area contributed by atoms with Gasteiger partial charge in [-0.15, -0.1) is 11.3 Å². The fraction of sp³-hybridized carbons (Fsp3) is 0.0417. The van der Waals surface area contributed by atoms with Crippen LogP contribution in [-0.4, -0.2) is 25.2 Å². The van der Waals surface area contributed by atoms with Crippen LogP contribution >= 0.6 is 22.9 Å². The molecule has 1 N–H and O–H groups in total. The zero-order chi connectivity index (χ0) is 23.4. The molecule has 0 aliphatic carbocycles. The van der Waals surface area contributed by atoms with Gasteiger partial charge in [-0.2, -0.15) is 5.10 Å². The van der Waals surface area contributed by atoms with Crippen molar-refractivity contribution in [3.63, 3.8) is 0 Å². The van der Waals surface area contributed by atoms with Crippen molar-refractivity contribution in [1.82, 2.24) is 5.43 Å². The van der Waals surface area contributed by atoms with Crippen LogP contribution in [0.4, 0.5) is 4.39 Å². The summed E-state index contributed by atoms with van der Waals surface area (Å²) in [7, 11) is 1.57. The highest BCUT2D eigenvalue weighted by Gasteiger charge is 2.19. The van der Waals surface area contributed by atoms with E-state index in [0.29, 0.717) is 27.0 Å². The number of ether oxygens (including phenoxy) is 2. The van der Waals surface area contributed by atoms with E-state index in [1.54, 1.807) is 43.5 Å².